The lowest BCUT2D eigenvalue weighted by Gasteiger charge is -2.32. The predicted molar refractivity (Wildman–Crippen MR) is 128 cm³/mol. The quantitative estimate of drug-likeness (QED) is 0.432. The number of benzene rings is 1. The molecule has 33 heavy (non-hydrogen) atoms. The Labute approximate surface area is 194 Å². The van der Waals surface area contributed by atoms with E-state index < -0.39 is 0 Å². The Hall–Kier alpha value is -3.29. The summed E-state index contributed by atoms with van der Waals surface area (Å²) in [5.74, 6) is 0.887. The largest absolute Gasteiger partial charge is 0.497 e. The molecule has 4 heterocycles. The normalized spacial score (nSPS) is 17.0. The second-order valence-electron chi connectivity index (χ2n) is 8.73. The molecule has 1 aliphatic rings. The summed E-state index contributed by atoms with van der Waals surface area (Å²) in [4.78, 5) is 15.3. The van der Waals surface area contributed by atoms with E-state index in [1.54, 1.807) is 19.5 Å². The van der Waals surface area contributed by atoms with Crippen LogP contribution in [0.15, 0.2) is 61.4 Å². The maximum absolute atomic E-state index is 6.09. The number of hydrogen-bond donors (Lipinski definition) is 0. The van der Waals surface area contributed by atoms with E-state index >= 15 is 0 Å². The van der Waals surface area contributed by atoms with Crippen LogP contribution in [0, 0.1) is 0 Å². The molecule has 4 aromatic rings. The monoisotopic (exact) mass is 443 g/mol. The van der Waals surface area contributed by atoms with Crippen LogP contribution in [0.1, 0.15) is 37.3 Å². The predicted octanol–water partition coefficient (Wildman–Crippen LogP) is 4.66. The Morgan fingerprint density at radius 3 is 2.67 bits per heavy atom. The molecule has 1 fully saturated rings. The highest BCUT2D eigenvalue weighted by atomic mass is 16.5. The average molecular weight is 444 g/mol. The topological polar surface area (TPSA) is 65.3 Å². The van der Waals surface area contributed by atoms with Crippen LogP contribution in [0.5, 0.6) is 5.75 Å². The van der Waals surface area contributed by atoms with Crippen LogP contribution in [-0.4, -0.2) is 51.2 Å². The molecule has 1 aliphatic heterocycles. The van der Waals surface area contributed by atoms with Crippen molar-refractivity contribution in [3.63, 3.8) is 0 Å². The molecule has 1 aromatic carbocycles. The summed E-state index contributed by atoms with van der Waals surface area (Å²) in [5, 5.41) is 1.25. The number of hydrogen-bond acceptors (Lipinski definition) is 6. The minimum Gasteiger partial charge on any atom is -0.497 e. The van der Waals surface area contributed by atoms with Crippen molar-refractivity contribution in [2.24, 2.45) is 0 Å². The van der Waals surface area contributed by atoms with Gasteiger partial charge in [0, 0.05) is 72.5 Å². The Kier molecular flexibility index (Phi) is 6.07. The molecule has 0 radical (unpaired) electrons. The van der Waals surface area contributed by atoms with Crippen molar-refractivity contribution in [1.82, 2.24) is 24.4 Å². The first-order valence-corrected chi connectivity index (χ1v) is 11.3. The van der Waals surface area contributed by atoms with Gasteiger partial charge in [-0.25, -0.2) is 9.97 Å². The van der Waals surface area contributed by atoms with Crippen LogP contribution in [-0.2, 0) is 11.3 Å². The second-order valence-corrected chi connectivity index (χ2v) is 8.73. The van der Waals surface area contributed by atoms with E-state index in [1.165, 1.54) is 22.8 Å². The average Bonchev–Trinajstić information content (AvgIpc) is 3.22. The fourth-order valence-electron chi connectivity index (χ4n) is 4.47. The van der Waals surface area contributed by atoms with Crippen LogP contribution in [0.4, 0.5) is 0 Å². The summed E-state index contributed by atoms with van der Waals surface area (Å²) in [6.07, 6.45) is 9.24. The summed E-state index contributed by atoms with van der Waals surface area (Å²) in [6, 6.07) is 10.8. The van der Waals surface area contributed by atoms with Gasteiger partial charge in [-0.05, 0) is 43.7 Å². The number of nitrogens with zero attached hydrogens (tertiary/aromatic N) is 5. The van der Waals surface area contributed by atoms with Gasteiger partial charge in [-0.2, -0.15) is 0 Å². The SMILES string of the molecule is COc1ccc2c(c1)c(CN1CCO[C@@H](c3ccc(-c4cncnc4)cn3)C1)cn2C(C)C. The van der Waals surface area contributed by atoms with E-state index in [-0.39, 0.29) is 6.10 Å². The van der Waals surface area contributed by atoms with E-state index in [1.807, 2.05) is 18.3 Å². The standard InChI is InChI=1S/C26H29N5O2/c1-18(2)31-15-21(23-10-22(32-3)5-7-25(23)31)14-30-8-9-33-26(16-30)24-6-4-19(13-29-24)20-11-27-17-28-12-20/h4-7,10-13,15,17-18,26H,8-9,14,16H2,1-3H3/t26-/m1/s1. The zero-order valence-electron chi connectivity index (χ0n) is 19.3. The van der Waals surface area contributed by atoms with Gasteiger partial charge in [0.05, 0.1) is 19.4 Å². The fraction of sp³-hybridized carbons (Fsp3) is 0.346. The van der Waals surface area contributed by atoms with E-state index in [2.05, 4.69) is 57.7 Å². The van der Waals surface area contributed by atoms with Crippen molar-refractivity contribution >= 4 is 10.9 Å². The molecule has 0 amide bonds. The van der Waals surface area contributed by atoms with Gasteiger partial charge in [0.15, 0.2) is 0 Å². The first-order chi connectivity index (χ1) is 16.1. The molecule has 0 N–H and O–H groups in total. The van der Waals surface area contributed by atoms with Gasteiger partial charge in [-0.3, -0.25) is 9.88 Å². The Balaban J connectivity index is 1.35. The molecule has 0 bridgehead atoms. The molecular weight excluding hydrogens is 414 g/mol. The van der Waals surface area contributed by atoms with E-state index in [9.17, 15) is 0 Å². The van der Waals surface area contributed by atoms with Crippen molar-refractivity contribution in [1.29, 1.82) is 0 Å². The Morgan fingerprint density at radius 2 is 1.94 bits per heavy atom. The molecule has 7 nitrogen and oxygen atoms in total. The van der Waals surface area contributed by atoms with Crippen LogP contribution in [0.3, 0.4) is 0 Å². The molecule has 0 aliphatic carbocycles. The fourth-order valence-corrected chi connectivity index (χ4v) is 4.47. The van der Waals surface area contributed by atoms with Gasteiger partial charge in [0.1, 0.15) is 18.2 Å². The number of methoxy groups -OCH3 is 1. The second kappa shape index (κ2) is 9.29. The number of pyridine rings is 1. The van der Waals surface area contributed by atoms with Crippen molar-refractivity contribution < 1.29 is 9.47 Å². The molecule has 5 rings (SSSR count). The van der Waals surface area contributed by atoms with Gasteiger partial charge < -0.3 is 14.0 Å². The number of fused-ring (bicyclic) bond motifs is 1. The van der Waals surface area contributed by atoms with E-state index in [0.29, 0.717) is 12.6 Å². The summed E-state index contributed by atoms with van der Waals surface area (Å²) >= 11 is 0. The van der Waals surface area contributed by atoms with Crippen molar-refractivity contribution in [3.8, 4) is 16.9 Å². The lowest BCUT2D eigenvalue weighted by molar-refractivity contribution is -0.0348. The van der Waals surface area contributed by atoms with Crippen molar-refractivity contribution in [2.45, 2.75) is 32.5 Å². The van der Waals surface area contributed by atoms with Crippen LogP contribution >= 0.6 is 0 Å². The first kappa shape index (κ1) is 21.6. The Morgan fingerprint density at radius 1 is 1.09 bits per heavy atom. The lowest BCUT2D eigenvalue weighted by Crippen LogP contribution is -2.38. The third-order valence-electron chi connectivity index (χ3n) is 6.23. The number of rotatable bonds is 6. The maximum atomic E-state index is 6.09. The highest BCUT2D eigenvalue weighted by Gasteiger charge is 2.24. The summed E-state index contributed by atoms with van der Waals surface area (Å²) < 4.78 is 13.9. The molecule has 0 saturated carbocycles. The lowest BCUT2D eigenvalue weighted by atomic mass is 10.1. The first-order valence-electron chi connectivity index (χ1n) is 11.3. The highest BCUT2D eigenvalue weighted by Crippen LogP contribution is 2.31. The molecule has 7 heteroatoms. The molecule has 1 atom stereocenters. The molecular formula is C26H29N5O2. The molecule has 170 valence electrons. The maximum Gasteiger partial charge on any atom is 0.119 e. The highest BCUT2D eigenvalue weighted by molar-refractivity contribution is 5.85. The van der Waals surface area contributed by atoms with Crippen LogP contribution in [0.25, 0.3) is 22.0 Å². The third-order valence-corrected chi connectivity index (χ3v) is 6.23. The van der Waals surface area contributed by atoms with Gasteiger partial charge >= 0.3 is 0 Å². The zero-order valence-corrected chi connectivity index (χ0v) is 19.3. The zero-order chi connectivity index (χ0) is 22.8. The van der Waals surface area contributed by atoms with E-state index in [4.69, 9.17) is 14.5 Å². The number of ether oxygens (including phenoxy) is 2. The molecule has 0 unspecified atom stereocenters. The van der Waals surface area contributed by atoms with Crippen molar-refractivity contribution in [2.75, 3.05) is 26.8 Å². The minimum absolute atomic E-state index is 0.0483. The van der Waals surface area contributed by atoms with Crippen LogP contribution < -0.4 is 4.74 Å². The molecule has 0 spiro atoms. The number of morpholine rings is 1. The molecule has 3 aromatic heterocycles. The smallest absolute Gasteiger partial charge is 0.119 e. The summed E-state index contributed by atoms with van der Waals surface area (Å²) in [6.45, 7) is 7.69. The van der Waals surface area contributed by atoms with Crippen molar-refractivity contribution in [3.05, 3.63) is 72.7 Å². The summed E-state index contributed by atoms with van der Waals surface area (Å²) in [7, 11) is 1.72. The van der Waals surface area contributed by atoms with Gasteiger partial charge in [0.25, 0.3) is 0 Å². The van der Waals surface area contributed by atoms with Crippen LogP contribution in [0.2, 0.25) is 0 Å². The third kappa shape index (κ3) is 4.47. The van der Waals surface area contributed by atoms with Gasteiger partial charge in [-0.15, -0.1) is 0 Å². The number of aromatic nitrogens is 4. The Bertz CT molecular complexity index is 1220. The van der Waals surface area contributed by atoms with E-state index in [0.717, 1.165) is 42.2 Å². The van der Waals surface area contributed by atoms with Gasteiger partial charge in [0.2, 0.25) is 0 Å². The summed E-state index contributed by atoms with van der Waals surface area (Å²) in [5.41, 5.74) is 5.46. The van der Waals surface area contributed by atoms with Gasteiger partial charge in [-0.1, -0.05) is 6.07 Å². The minimum atomic E-state index is -0.0483. The molecule has 1 saturated heterocycles.